The molecule has 0 unspecified atom stereocenters. The van der Waals surface area contributed by atoms with Gasteiger partial charge in [0.2, 0.25) is 5.91 Å². The highest BCUT2D eigenvalue weighted by Gasteiger charge is 2.08. The first-order valence-electron chi connectivity index (χ1n) is 6.63. The summed E-state index contributed by atoms with van der Waals surface area (Å²) < 4.78 is 0. The molecule has 0 aliphatic heterocycles. The zero-order valence-electron chi connectivity index (χ0n) is 11.7. The van der Waals surface area contributed by atoms with Crippen molar-refractivity contribution in [3.05, 3.63) is 58.3 Å². The van der Waals surface area contributed by atoms with Crippen LogP contribution in [0.15, 0.2) is 47.8 Å². The Kier molecular flexibility index (Phi) is 5.67. The second kappa shape index (κ2) is 7.94. The summed E-state index contributed by atoms with van der Waals surface area (Å²) in [6.45, 7) is 0.198. The van der Waals surface area contributed by atoms with E-state index in [0.29, 0.717) is 10.4 Å². The fourth-order valence-corrected chi connectivity index (χ4v) is 2.28. The Labute approximate surface area is 131 Å². The predicted octanol–water partition coefficient (Wildman–Crippen LogP) is 1.33. The standard InChI is InChI=1S/C15H15N3O3S/c19-13(8-9-16-15(21)12-7-4-10-22-12)17-18-14(20)11-5-2-1-3-6-11/h1-7,10H,8-9H2,(H,16,21)(H,17,19)(H,18,20). The molecule has 6 nitrogen and oxygen atoms in total. The van der Waals surface area contributed by atoms with Gasteiger partial charge in [0.15, 0.2) is 0 Å². The normalized spacial score (nSPS) is 9.82. The molecule has 0 saturated heterocycles. The molecule has 0 aliphatic rings. The number of thiophene rings is 1. The summed E-state index contributed by atoms with van der Waals surface area (Å²) in [5.74, 6) is -0.983. The summed E-state index contributed by atoms with van der Waals surface area (Å²) in [5.41, 5.74) is 5.07. The monoisotopic (exact) mass is 317 g/mol. The Morgan fingerprint density at radius 3 is 2.36 bits per heavy atom. The molecule has 7 heteroatoms. The molecule has 1 aromatic carbocycles. The van der Waals surface area contributed by atoms with E-state index in [9.17, 15) is 14.4 Å². The number of hydrazine groups is 1. The van der Waals surface area contributed by atoms with Gasteiger partial charge in [-0.25, -0.2) is 0 Å². The van der Waals surface area contributed by atoms with Gasteiger partial charge < -0.3 is 5.32 Å². The Balaban J connectivity index is 1.66. The molecule has 0 fully saturated rings. The van der Waals surface area contributed by atoms with Gasteiger partial charge in [-0.1, -0.05) is 24.3 Å². The van der Waals surface area contributed by atoms with E-state index in [-0.39, 0.29) is 24.8 Å². The highest BCUT2D eigenvalue weighted by molar-refractivity contribution is 7.12. The second-order valence-corrected chi connectivity index (χ2v) is 5.30. The van der Waals surface area contributed by atoms with Crippen LogP contribution in [0.5, 0.6) is 0 Å². The first-order valence-corrected chi connectivity index (χ1v) is 7.50. The number of benzene rings is 1. The van der Waals surface area contributed by atoms with Crippen molar-refractivity contribution in [2.75, 3.05) is 6.54 Å². The lowest BCUT2D eigenvalue weighted by Gasteiger charge is -2.07. The van der Waals surface area contributed by atoms with Gasteiger partial charge in [0, 0.05) is 18.5 Å². The Bertz CT molecular complexity index is 641. The van der Waals surface area contributed by atoms with Crippen LogP contribution >= 0.6 is 11.3 Å². The van der Waals surface area contributed by atoms with Crippen molar-refractivity contribution in [2.24, 2.45) is 0 Å². The molecule has 3 amide bonds. The molecule has 0 bridgehead atoms. The molecule has 0 aliphatic carbocycles. The zero-order chi connectivity index (χ0) is 15.8. The highest BCUT2D eigenvalue weighted by atomic mass is 32.1. The van der Waals surface area contributed by atoms with E-state index in [1.165, 1.54) is 11.3 Å². The minimum Gasteiger partial charge on any atom is -0.351 e. The van der Waals surface area contributed by atoms with Crippen molar-refractivity contribution in [3.63, 3.8) is 0 Å². The molecule has 2 aromatic rings. The molecule has 3 N–H and O–H groups in total. The van der Waals surface area contributed by atoms with Crippen LogP contribution in [0.4, 0.5) is 0 Å². The van der Waals surface area contributed by atoms with E-state index in [1.54, 1.807) is 47.8 Å². The SMILES string of the molecule is O=C(CCNC(=O)c1cccs1)NNC(=O)c1ccccc1. The number of nitrogens with one attached hydrogen (secondary N) is 3. The maximum absolute atomic E-state index is 11.7. The number of carbonyl (C=O) groups excluding carboxylic acids is 3. The lowest BCUT2D eigenvalue weighted by molar-refractivity contribution is -0.121. The highest BCUT2D eigenvalue weighted by Crippen LogP contribution is 2.07. The molecule has 0 spiro atoms. The minimum atomic E-state index is -0.392. The van der Waals surface area contributed by atoms with Gasteiger partial charge in [0.1, 0.15) is 0 Å². The Morgan fingerprint density at radius 2 is 1.68 bits per heavy atom. The number of amides is 3. The van der Waals surface area contributed by atoms with Crippen molar-refractivity contribution >= 4 is 29.1 Å². The maximum Gasteiger partial charge on any atom is 0.269 e. The van der Waals surface area contributed by atoms with E-state index < -0.39 is 5.91 Å². The van der Waals surface area contributed by atoms with Crippen LogP contribution in [0.2, 0.25) is 0 Å². The average molecular weight is 317 g/mol. The van der Waals surface area contributed by atoms with Crippen LogP contribution < -0.4 is 16.2 Å². The number of carbonyl (C=O) groups is 3. The Hall–Kier alpha value is -2.67. The maximum atomic E-state index is 11.7. The van der Waals surface area contributed by atoms with Crippen molar-refractivity contribution in [1.29, 1.82) is 0 Å². The third kappa shape index (κ3) is 4.71. The van der Waals surface area contributed by atoms with Crippen molar-refractivity contribution in [1.82, 2.24) is 16.2 Å². The summed E-state index contributed by atoms with van der Waals surface area (Å²) in [6, 6.07) is 12.0. The summed E-state index contributed by atoms with van der Waals surface area (Å²) in [4.78, 5) is 35.5. The first kappa shape index (κ1) is 15.7. The third-order valence-electron chi connectivity index (χ3n) is 2.73. The number of rotatable bonds is 5. The van der Waals surface area contributed by atoms with Gasteiger partial charge in [0.25, 0.3) is 11.8 Å². The summed E-state index contributed by atoms with van der Waals surface area (Å²) in [5, 5.41) is 4.44. The van der Waals surface area contributed by atoms with Crippen LogP contribution in [-0.2, 0) is 4.79 Å². The van der Waals surface area contributed by atoms with E-state index in [0.717, 1.165) is 0 Å². The first-order chi connectivity index (χ1) is 10.7. The summed E-state index contributed by atoms with van der Waals surface area (Å²) in [6.07, 6.45) is 0.0756. The fourth-order valence-electron chi connectivity index (χ4n) is 1.64. The molecule has 2 rings (SSSR count). The lowest BCUT2D eigenvalue weighted by atomic mass is 10.2. The van der Waals surface area contributed by atoms with Gasteiger partial charge in [-0.2, -0.15) is 0 Å². The van der Waals surface area contributed by atoms with Gasteiger partial charge >= 0.3 is 0 Å². The lowest BCUT2D eigenvalue weighted by Crippen LogP contribution is -2.42. The number of hydrogen-bond acceptors (Lipinski definition) is 4. The Morgan fingerprint density at radius 1 is 0.909 bits per heavy atom. The second-order valence-electron chi connectivity index (χ2n) is 4.35. The van der Waals surface area contributed by atoms with E-state index in [1.807, 2.05) is 0 Å². The van der Waals surface area contributed by atoms with Crippen molar-refractivity contribution in [3.8, 4) is 0 Å². The quantitative estimate of drug-likeness (QED) is 0.727. The average Bonchev–Trinajstić information content (AvgIpc) is 3.08. The van der Waals surface area contributed by atoms with Crippen LogP contribution in [0.25, 0.3) is 0 Å². The zero-order valence-corrected chi connectivity index (χ0v) is 12.5. The van der Waals surface area contributed by atoms with Gasteiger partial charge in [0.05, 0.1) is 4.88 Å². The van der Waals surface area contributed by atoms with Crippen molar-refractivity contribution in [2.45, 2.75) is 6.42 Å². The topological polar surface area (TPSA) is 87.3 Å². The van der Waals surface area contributed by atoms with E-state index >= 15 is 0 Å². The van der Waals surface area contributed by atoms with Crippen molar-refractivity contribution < 1.29 is 14.4 Å². The molecule has 0 atom stereocenters. The number of hydrogen-bond donors (Lipinski definition) is 3. The van der Waals surface area contributed by atoms with Gasteiger partial charge in [-0.3, -0.25) is 25.2 Å². The molecule has 0 saturated carbocycles. The summed E-state index contributed by atoms with van der Waals surface area (Å²) in [7, 11) is 0. The van der Waals surface area contributed by atoms with Gasteiger partial charge in [-0.05, 0) is 23.6 Å². The smallest absolute Gasteiger partial charge is 0.269 e. The molecular formula is C15H15N3O3S. The van der Waals surface area contributed by atoms with E-state index in [4.69, 9.17) is 0 Å². The largest absolute Gasteiger partial charge is 0.351 e. The molecular weight excluding hydrogens is 302 g/mol. The van der Waals surface area contributed by atoms with Crippen LogP contribution in [0.3, 0.4) is 0 Å². The van der Waals surface area contributed by atoms with Crippen LogP contribution in [-0.4, -0.2) is 24.3 Å². The molecule has 114 valence electrons. The van der Waals surface area contributed by atoms with Crippen LogP contribution in [0.1, 0.15) is 26.5 Å². The molecule has 0 radical (unpaired) electrons. The minimum absolute atomic E-state index is 0.0756. The van der Waals surface area contributed by atoms with Crippen LogP contribution in [0, 0.1) is 0 Å². The predicted molar refractivity (Wildman–Crippen MR) is 83.3 cm³/mol. The van der Waals surface area contributed by atoms with Gasteiger partial charge in [-0.15, -0.1) is 11.3 Å². The molecule has 22 heavy (non-hydrogen) atoms. The molecule has 1 aromatic heterocycles. The summed E-state index contributed by atoms with van der Waals surface area (Å²) >= 11 is 1.33. The fraction of sp³-hybridized carbons (Fsp3) is 0.133. The molecule has 1 heterocycles. The third-order valence-corrected chi connectivity index (χ3v) is 3.60. The van der Waals surface area contributed by atoms with E-state index in [2.05, 4.69) is 16.2 Å².